The lowest BCUT2D eigenvalue weighted by atomic mass is 10.0. The maximum atomic E-state index is 5.50. The van der Waals surface area contributed by atoms with Gasteiger partial charge in [-0.05, 0) is 13.3 Å². The standard InChI is InChI=1S/C21H45NO2/c1-3-4-5-6-7-8-9-10-11-12-13-14-15-16-17-18-19-23-20-21(2)24-22/h21H,3-20,22H2,1-2H3. The van der Waals surface area contributed by atoms with Crippen LogP contribution in [0.5, 0.6) is 0 Å². The van der Waals surface area contributed by atoms with Crippen molar-refractivity contribution in [2.24, 2.45) is 5.90 Å². The highest BCUT2D eigenvalue weighted by atomic mass is 16.6. The summed E-state index contributed by atoms with van der Waals surface area (Å²) in [6, 6.07) is 0. The monoisotopic (exact) mass is 343 g/mol. The Morgan fingerprint density at radius 2 is 1.00 bits per heavy atom. The van der Waals surface area contributed by atoms with Crippen molar-refractivity contribution in [3.8, 4) is 0 Å². The fraction of sp³-hybridized carbons (Fsp3) is 1.00. The SMILES string of the molecule is CCCCCCCCCCCCCCCCCCOCC(C)ON. The van der Waals surface area contributed by atoms with Crippen molar-refractivity contribution in [1.29, 1.82) is 0 Å². The molecule has 0 rings (SSSR count). The van der Waals surface area contributed by atoms with Crippen LogP contribution in [0.4, 0.5) is 0 Å². The van der Waals surface area contributed by atoms with Gasteiger partial charge in [0.05, 0.1) is 12.7 Å². The van der Waals surface area contributed by atoms with Gasteiger partial charge in [-0.25, -0.2) is 5.90 Å². The second kappa shape index (κ2) is 20.9. The molecule has 3 heteroatoms. The first-order chi connectivity index (χ1) is 11.8. The highest BCUT2D eigenvalue weighted by Crippen LogP contribution is 2.13. The predicted molar refractivity (Wildman–Crippen MR) is 105 cm³/mol. The van der Waals surface area contributed by atoms with Gasteiger partial charge in [-0.2, -0.15) is 0 Å². The highest BCUT2D eigenvalue weighted by molar-refractivity contribution is 4.50. The van der Waals surface area contributed by atoms with Crippen molar-refractivity contribution < 1.29 is 9.57 Å². The van der Waals surface area contributed by atoms with Crippen molar-refractivity contribution in [3.05, 3.63) is 0 Å². The summed E-state index contributed by atoms with van der Waals surface area (Å²) >= 11 is 0. The molecule has 0 amide bonds. The largest absolute Gasteiger partial charge is 0.379 e. The maximum Gasteiger partial charge on any atom is 0.0992 e. The molecule has 0 bridgehead atoms. The second-order valence-corrected chi connectivity index (χ2v) is 7.32. The first-order valence-electron chi connectivity index (χ1n) is 10.7. The van der Waals surface area contributed by atoms with Crippen molar-refractivity contribution in [3.63, 3.8) is 0 Å². The molecule has 0 aromatic carbocycles. The van der Waals surface area contributed by atoms with Gasteiger partial charge in [0.25, 0.3) is 0 Å². The minimum atomic E-state index is 0.00561. The van der Waals surface area contributed by atoms with Gasteiger partial charge in [-0.3, -0.25) is 4.84 Å². The summed E-state index contributed by atoms with van der Waals surface area (Å²) in [5.41, 5.74) is 0. The Hall–Kier alpha value is -0.120. The highest BCUT2D eigenvalue weighted by Gasteiger charge is 1.99. The third kappa shape index (κ3) is 19.9. The summed E-state index contributed by atoms with van der Waals surface area (Å²) in [7, 11) is 0. The van der Waals surface area contributed by atoms with Crippen LogP contribution in [-0.2, 0) is 9.57 Å². The Bertz CT molecular complexity index is 224. The fourth-order valence-corrected chi connectivity index (χ4v) is 3.04. The Balaban J connectivity index is 2.98. The summed E-state index contributed by atoms with van der Waals surface area (Å²) in [5, 5.41) is 0. The topological polar surface area (TPSA) is 44.5 Å². The number of hydrogen-bond acceptors (Lipinski definition) is 3. The quantitative estimate of drug-likeness (QED) is 0.201. The molecular formula is C21H45NO2. The fourth-order valence-electron chi connectivity index (χ4n) is 3.04. The minimum Gasteiger partial charge on any atom is -0.379 e. The molecule has 0 aromatic heterocycles. The van der Waals surface area contributed by atoms with E-state index in [1.165, 1.54) is 96.3 Å². The van der Waals surface area contributed by atoms with Gasteiger partial charge < -0.3 is 4.74 Å². The van der Waals surface area contributed by atoms with Crippen molar-refractivity contribution in [2.45, 2.75) is 123 Å². The van der Waals surface area contributed by atoms with Crippen LogP contribution >= 0.6 is 0 Å². The average molecular weight is 344 g/mol. The zero-order valence-electron chi connectivity index (χ0n) is 16.7. The molecule has 0 aromatic rings. The van der Waals surface area contributed by atoms with Crippen LogP contribution in [0, 0.1) is 0 Å². The van der Waals surface area contributed by atoms with E-state index in [2.05, 4.69) is 11.8 Å². The number of hydrogen-bond donors (Lipinski definition) is 1. The third-order valence-electron chi connectivity index (χ3n) is 4.73. The molecule has 1 unspecified atom stereocenters. The van der Waals surface area contributed by atoms with E-state index in [0.717, 1.165) is 13.0 Å². The van der Waals surface area contributed by atoms with Crippen LogP contribution in [-0.4, -0.2) is 19.3 Å². The van der Waals surface area contributed by atoms with Crippen LogP contribution in [0.1, 0.15) is 117 Å². The lowest BCUT2D eigenvalue weighted by Crippen LogP contribution is -2.19. The van der Waals surface area contributed by atoms with E-state index in [4.69, 9.17) is 10.6 Å². The summed E-state index contributed by atoms with van der Waals surface area (Å²) in [6.07, 6.45) is 22.4. The maximum absolute atomic E-state index is 5.50. The lowest BCUT2D eigenvalue weighted by Gasteiger charge is -2.09. The van der Waals surface area contributed by atoms with Gasteiger partial charge in [-0.15, -0.1) is 0 Å². The molecule has 0 aliphatic heterocycles. The molecule has 0 heterocycles. The van der Waals surface area contributed by atoms with E-state index in [1.54, 1.807) is 0 Å². The summed E-state index contributed by atoms with van der Waals surface area (Å²) in [4.78, 5) is 4.66. The third-order valence-corrected chi connectivity index (χ3v) is 4.73. The van der Waals surface area contributed by atoms with Crippen LogP contribution in [0.2, 0.25) is 0 Å². The smallest absolute Gasteiger partial charge is 0.0992 e. The first-order valence-corrected chi connectivity index (χ1v) is 10.7. The Morgan fingerprint density at radius 3 is 1.38 bits per heavy atom. The molecule has 0 aliphatic carbocycles. The Labute approximate surface area is 152 Å². The number of nitrogens with two attached hydrogens (primary N) is 1. The van der Waals surface area contributed by atoms with E-state index in [1.807, 2.05) is 6.92 Å². The molecule has 0 fully saturated rings. The van der Waals surface area contributed by atoms with E-state index in [9.17, 15) is 0 Å². The first kappa shape index (κ1) is 23.9. The van der Waals surface area contributed by atoms with Gasteiger partial charge in [0, 0.05) is 6.61 Å². The summed E-state index contributed by atoms with van der Waals surface area (Å²) in [5.74, 6) is 5.07. The van der Waals surface area contributed by atoms with E-state index in [0.29, 0.717) is 6.61 Å². The van der Waals surface area contributed by atoms with Gasteiger partial charge in [0.15, 0.2) is 0 Å². The molecule has 1 atom stereocenters. The molecule has 0 aliphatic rings. The average Bonchev–Trinajstić information content (AvgIpc) is 2.60. The number of rotatable bonds is 20. The molecule has 146 valence electrons. The van der Waals surface area contributed by atoms with Crippen LogP contribution in [0.3, 0.4) is 0 Å². The van der Waals surface area contributed by atoms with Crippen molar-refractivity contribution in [1.82, 2.24) is 0 Å². The number of unbranched alkanes of at least 4 members (excludes halogenated alkanes) is 15. The zero-order valence-corrected chi connectivity index (χ0v) is 16.7. The Morgan fingerprint density at radius 1 is 0.625 bits per heavy atom. The van der Waals surface area contributed by atoms with E-state index in [-0.39, 0.29) is 6.10 Å². The summed E-state index contributed by atoms with van der Waals surface area (Å²) < 4.78 is 5.50. The molecule has 3 nitrogen and oxygen atoms in total. The second-order valence-electron chi connectivity index (χ2n) is 7.32. The van der Waals surface area contributed by atoms with Crippen LogP contribution in [0.15, 0.2) is 0 Å². The Kier molecular flexibility index (Phi) is 20.8. The zero-order chi connectivity index (χ0) is 17.7. The normalized spacial score (nSPS) is 12.6. The van der Waals surface area contributed by atoms with Crippen LogP contribution in [0.25, 0.3) is 0 Å². The van der Waals surface area contributed by atoms with Crippen molar-refractivity contribution >= 4 is 0 Å². The van der Waals surface area contributed by atoms with Gasteiger partial charge in [0.2, 0.25) is 0 Å². The van der Waals surface area contributed by atoms with Gasteiger partial charge in [0.1, 0.15) is 0 Å². The minimum absolute atomic E-state index is 0.00561. The molecular weight excluding hydrogens is 298 g/mol. The van der Waals surface area contributed by atoms with Crippen LogP contribution < -0.4 is 5.90 Å². The van der Waals surface area contributed by atoms with E-state index >= 15 is 0 Å². The summed E-state index contributed by atoms with van der Waals surface area (Å²) in [6.45, 7) is 5.66. The lowest BCUT2D eigenvalue weighted by molar-refractivity contribution is -0.00842. The van der Waals surface area contributed by atoms with E-state index < -0.39 is 0 Å². The molecule has 0 saturated heterocycles. The molecule has 0 saturated carbocycles. The molecule has 2 N–H and O–H groups in total. The molecule has 0 radical (unpaired) electrons. The van der Waals surface area contributed by atoms with Gasteiger partial charge >= 0.3 is 0 Å². The molecule has 0 spiro atoms. The van der Waals surface area contributed by atoms with Crippen molar-refractivity contribution in [2.75, 3.05) is 13.2 Å². The predicted octanol–water partition coefficient (Wildman–Crippen LogP) is 6.54. The van der Waals surface area contributed by atoms with Gasteiger partial charge in [-0.1, -0.05) is 103 Å². The number of ether oxygens (including phenoxy) is 1. The molecule has 24 heavy (non-hydrogen) atoms.